The zero-order valence-electron chi connectivity index (χ0n) is 10.6. The Kier molecular flexibility index (Phi) is 3.96. The Morgan fingerprint density at radius 3 is 2.75 bits per heavy atom. The van der Waals surface area contributed by atoms with Crippen LogP contribution in [0, 0.1) is 5.82 Å². The first-order chi connectivity index (χ1) is 9.46. The number of aromatic amines is 1. The van der Waals surface area contributed by atoms with Gasteiger partial charge >= 0.3 is 0 Å². The molecule has 6 nitrogen and oxygen atoms in total. The Morgan fingerprint density at radius 1 is 1.40 bits per heavy atom. The van der Waals surface area contributed by atoms with E-state index in [1.807, 2.05) is 0 Å². The van der Waals surface area contributed by atoms with Gasteiger partial charge in [-0.15, -0.1) is 0 Å². The predicted octanol–water partition coefficient (Wildman–Crippen LogP) is 1.46. The van der Waals surface area contributed by atoms with Gasteiger partial charge in [-0.3, -0.25) is 4.72 Å². The van der Waals surface area contributed by atoms with Crippen molar-refractivity contribution >= 4 is 15.7 Å². The van der Waals surface area contributed by atoms with E-state index >= 15 is 0 Å². The van der Waals surface area contributed by atoms with Gasteiger partial charge in [-0.1, -0.05) is 0 Å². The van der Waals surface area contributed by atoms with Crippen LogP contribution in [0.25, 0.3) is 0 Å². The van der Waals surface area contributed by atoms with E-state index in [1.165, 1.54) is 31.5 Å². The summed E-state index contributed by atoms with van der Waals surface area (Å²) in [6.07, 6.45) is 1.26. The van der Waals surface area contributed by atoms with E-state index in [0.717, 1.165) is 6.07 Å². The number of halogens is 1. The van der Waals surface area contributed by atoms with Gasteiger partial charge in [0.2, 0.25) is 0 Å². The second kappa shape index (κ2) is 5.51. The Hall–Kier alpha value is -2.06. The van der Waals surface area contributed by atoms with Gasteiger partial charge in [-0.2, -0.15) is 0 Å². The van der Waals surface area contributed by atoms with Gasteiger partial charge < -0.3 is 14.8 Å². The molecule has 0 fully saturated rings. The van der Waals surface area contributed by atoms with Crippen LogP contribution >= 0.6 is 0 Å². The minimum Gasteiger partial charge on any atom is -0.494 e. The van der Waals surface area contributed by atoms with Crippen molar-refractivity contribution in [3.63, 3.8) is 0 Å². The molecule has 3 N–H and O–H groups in total. The maximum atomic E-state index is 13.2. The number of nitrogens with one attached hydrogen (secondary N) is 2. The van der Waals surface area contributed by atoms with Gasteiger partial charge in [0.25, 0.3) is 10.0 Å². The Balaban J connectivity index is 2.28. The van der Waals surface area contributed by atoms with Crippen LogP contribution in [0.5, 0.6) is 5.75 Å². The lowest BCUT2D eigenvalue weighted by Crippen LogP contribution is -2.12. The molecule has 0 bridgehead atoms. The van der Waals surface area contributed by atoms with Crippen LogP contribution in [-0.4, -0.2) is 25.6 Å². The molecular weight excluding hydrogens is 287 g/mol. The first kappa shape index (κ1) is 14.4. The fraction of sp³-hybridized carbons (Fsp3) is 0.167. The third-order valence-electron chi connectivity index (χ3n) is 2.60. The number of hydrogen-bond acceptors (Lipinski definition) is 4. The molecule has 0 aliphatic carbocycles. The highest BCUT2D eigenvalue weighted by Crippen LogP contribution is 2.24. The average Bonchev–Trinajstić information content (AvgIpc) is 2.90. The fourth-order valence-corrected chi connectivity index (χ4v) is 2.67. The van der Waals surface area contributed by atoms with E-state index in [2.05, 4.69) is 9.71 Å². The molecule has 20 heavy (non-hydrogen) atoms. The van der Waals surface area contributed by atoms with Gasteiger partial charge in [0.1, 0.15) is 4.90 Å². The number of ether oxygens (including phenoxy) is 1. The first-order valence-electron chi connectivity index (χ1n) is 5.61. The molecule has 108 valence electrons. The summed E-state index contributed by atoms with van der Waals surface area (Å²) in [5.41, 5.74) is 0.553. The molecule has 1 heterocycles. The van der Waals surface area contributed by atoms with Crippen LogP contribution in [0.4, 0.5) is 10.1 Å². The van der Waals surface area contributed by atoms with Gasteiger partial charge in [0.05, 0.1) is 19.4 Å². The van der Waals surface area contributed by atoms with Gasteiger partial charge in [0, 0.05) is 18.0 Å². The minimum atomic E-state index is -3.81. The number of hydrogen-bond donors (Lipinski definition) is 3. The largest absolute Gasteiger partial charge is 0.494 e. The van der Waals surface area contributed by atoms with Crippen molar-refractivity contribution in [2.24, 2.45) is 0 Å². The van der Waals surface area contributed by atoms with Crippen LogP contribution in [-0.2, 0) is 16.6 Å². The quantitative estimate of drug-likeness (QED) is 0.779. The highest BCUT2D eigenvalue weighted by molar-refractivity contribution is 7.92. The van der Waals surface area contributed by atoms with Crippen molar-refractivity contribution in [2.75, 3.05) is 11.8 Å². The summed E-state index contributed by atoms with van der Waals surface area (Å²) in [6, 6.07) is 4.94. The molecule has 0 unspecified atom stereocenters. The van der Waals surface area contributed by atoms with E-state index in [-0.39, 0.29) is 22.9 Å². The average molecular weight is 300 g/mol. The summed E-state index contributed by atoms with van der Waals surface area (Å²) in [4.78, 5) is 2.60. The van der Waals surface area contributed by atoms with E-state index in [1.54, 1.807) is 0 Å². The zero-order chi connectivity index (χ0) is 14.8. The molecule has 0 amide bonds. The van der Waals surface area contributed by atoms with Crippen molar-refractivity contribution in [1.82, 2.24) is 4.98 Å². The number of aliphatic hydroxyl groups excluding tert-OH is 1. The molecule has 0 saturated carbocycles. The molecule has 2 aromatic rings. The van der Waals surface area contributed by atoms with Crippen LogP contribution in [0.1, 0.15) is 5.69 Å². The molecule has 1 aromatic carbocycles. The minimum absolute atomic E-state index is 0.0233. The third-order valence-corrected chi connectivity index (χ3v) is 3.96. The predicted molar refractivity (Wildman–Crippen MR) is 70.5 cm³/mol. The standard InChI is InChI=1S/C12H13FN2O4S/c1-19-12-5-8(2-3-11(12)13)15-20(17,18)10-4-9(7-16)14-6-10/h2-6,14-16H,7H2,1H3. The molecule has 0 spiro atoms. The number of rotatable bonds is 5. The van der Waals surface area contributed by atoms with E-state index in [9.17, 15) is 12.8 Å². The van der Waals surface area contributed by atoms with Crippen molar-refractivity contribution < 1.29 is 22.7 Å². The zero-order valence-corrected chi connectivity index (χ0v) is 11.4. The lowest BCUT2D eigenvalue weighted by molar-refractivity contribution is 0.277. The lowest BCUT2D eigenvalue weighted by atomic mass is 10.3. The van der Waals surface area contributed by atoms with Crippen molar-refractivity contribution in [3.05, 3.63) is 42.0 Å². The number of benzene rings is 1. The molecular formula is C12H13FN2O4S. The molecule has 2 rings (SSSR count). The maximum absolute atomic E-state index is 13.2. The monoisotopic (exact) mass is 300 g/mol. The van der Waals surface area contributed by atoms with Crippen molar-refractivity contribution in [3.8, 4) is 5.75 Å². The molecule has 0 atom stereocenters. The smallest absolute Gasteiger partial charge is 0.263 e. The van der Waals surface area contributed by atoms with Crippen LogP contribution < -0.4 is 9.46 Å². The van der Waals surface area contributed by atoms with Crippen molar-refractivity contribution in [2.45, 2.75) is 11.5 Å². The Labute approximate surface area is 115 Å². The summed E-state index contributed by atoms with van der Waals surface area (Å²) in [7, 11) is -2.52. The van der Waals surface area contributed by atoms with Crippen molar-refractivity contribution in [1.29, 1.82) is 0 Å². The van der Waals surface area contributed by atoms with Crippen LogP contribution in [0.15, 0.2) is 35.4 Å². The highest BCUT2D eigenvalue weighted by Gasteiger charge is 2.17. The Bertz CT molecular complexity index is 712. The number of H-pyrrole nitrogens is 1. The summed E-state index contributed by atoms with van der Waals surface area (Å²) >= 11 is 0. The highest BCUT2D eigenvalue weighted by atomic mass is 32.2. The topological polar surface area (TPSA) is 91.4 Å². The number of sulfonamides is 1. The molecule has 8 heteroatoms. The first-order valence-corrected chi connectivity index (χ1v) is 7.09. The summed E-state index contributed by atoms with van der Waals surface area (Å²) < 4.78 is 44.5. The SMILES string of the molecule is COc1cc(NS(=O)(=O)c2c[nH]c(CO)c2)ccc1F. The summed E-state index contributed by atoms with van der Waals surface area (Å²) in [5.74, 6) is -0.644. The number of aliphatic hydroxyl groups is 1. The molecule has 0 radical (unpaired) electrons. The lowest BCUT2D eigenvalue weighted by Gasteiger charge is -2.08. The van der Waals surface area contributed by atoms with Gasteiger partial charge in [-0.25, -0.2) is 12.8 Å². The number of methoxy groups -OCH3 is 1. The van der Waals surface area contributed by atoms with Crippen LogP contribution in [0.3, 0.4) is 0 Å². The number of aromatic nitrogens is 1. The van der Waals surface area contributed by atoms with Crippen LogP contribution in [0.2, 0.25) is 0 Å². The van der Waals surface area contributed by atoms with E-state index in [0.29, 0.717) is 5.69 Å². The van der Waals surface area contributed by atoms with Gasteiger partial charge in [-0.05, 0) is 18.2 Å². The fourth-order valence-electron chi connectivity index (χ4n) is 1.60. The van der Waals surface area contributed by atoms with E-state index in [4.69, 9.17) is 9.84 Å². The molecule has 1 aromatic heterocycles. The maximum Gasteiger partial charge on any atom is 0.263 e. The summed E-state index contributed by atoms with van der Waals surface area (Å²) in [6.45, 7) is -0.292. The molecule has 0 aliphatic rings. The molecule has 0 aliphatic heterocycles. The van der Waals surface area contributed by atoms with E-state index < -0.39 is 15.8 Å². The second-order valence-electron chi connectivity index (χ2n) is 3.97. The second-order valence-corrected chi connectivity index (χ2v) is 5.66. The molecule has 0 saturated heterocycles. The third kappa shape index (κ3) is 2.91. The van der Waals surface area contributed by atoms with Gasteiger partial charge in [0.15, 0.2) is 11.6 Å². The normalized spacial score (nSPS) is 11.3. The summed E-state index contributed by atoms with van der Waals surface area (Å²) in [5, 5.41) is 8.90. The Morgan fingerprint density at radius 2 is 2.15 bits per heavy atom. The number of anilines is 1.